The standard InChI is InChI=1S/C18H23N5O3.ClH/c19-10-17-21-16(22-26-17)11-23-7-2-1-3-14(23)18(24)20-13-4-5-15-12(9-13)6-8-25-15;/h4-5,9,14H,1-3,6-8,10-11,19H2,(H,20,24);1H. The summed E-state index contributed by atoms with van der Waals surface area (Å²) in [5, 5.41) is 7.00. The van der Waals surface area contributed by atoms with Crippen LogP contribution < -0.4 is 15.8 Å². The summed E-state index contributed by atoms with van der Waals surface area (Å²) in [6.45, 7) is 2.25. The van der Waals surface area contributed by atoms with Crippen molar-refractivity contribution in [1.29, 1.82) is 0 Å². The monoisotopic (exact) mass is 393 g/mol. The molecule has 1 aromatic carbocycles. The largest absolute Gasteiger partial charge is 0.493 e. The van der Waals surface area contributed by atoms with Gasteiger partial charge in [0.2, 0.25) is 11.8 Å². The molecule has 9 heteroatoms. The third kappa shape index (κ3) is 4.40. The third-order valence-electron chi connectivity index (χ3n) is 4.90. The molecule has 3 heterocycles. The zero-order valence-corrected chi connectivity index (χ0v) is 15.8. The Balaban J connectivity index is 0.00000210. The number of likely N-dealkylation sites (tertiary alicyclic amines) is 1. The highest BCUT2D eigenvalue weighted by Crippen LogP contribution is 2.28. The van der Waals surface area contributed by atoms with Crippen LogP contribution in [0.3, 0.4) is 0 Å². The van der Waals surface area contributed by atoms with E-state index in [4.69, 9.17) is 15.0 Å². The first-order valence-electron chi connectivity index (χ1n) is 9.05. The molecule has 0 saturated carbocycles. The molecule has 4 rings (SSSR count). The number of benzene rings is 1. The van der Waals surface area contributed by atoms with E-state index < -0.39 is 0 Å². The molecule has 2 aromatic rings. The SMILES string of the molecule is Cl.NCc1nc(CN2CCCCC2C(=O)Nc2ccc3c(c2)CCO3)no1. The molecule has 2 aliphatic heterocycles. The van der Waals surface area contributed by atoms with Crippen molar-refractivity contribution in [1.82, 2.24) is 15.0 Å². The number of nitrogens with zero attached hydrogens (tertiary/aromatic N) is 3. The molecule has 1 fully saturated rings. The molecular formula is C18H24ClN5O3. The van der Waals surface area contributed by atoms with Crippen molar-refractivity contribution in [3.8, 4) is 5.75 Å². The van der Waals surface area contributed by atoms with Crippen LogP contribution in [-0.4, -0.2) is 40.1 Å². The van der Waals surface area contributed by atoms with E-state index >= 15 is 0 Å². The molecule has 1 aromatic heterocycles. The van der Waals surface area contributed by atoms with Crippen LogP contribution in [0.4, 0.5) is 5.69 Å². The quantitative estimate of drug-likeness (QED) is 0.798. The van der Waals surface area contributed by atoms with Crippen molar-refractivity contribution < 1.29 is 14.1 Å². The predicted molar refractivity (Wildman–Crippen MR) is 102 cm³/mol. The third-order valence-corrected chi connectivity index (χ3v) is 4.90. The van der Waals surface area contributed by atoms with E-state index in [-0.39, 0.29) is 30.9 Å². The minimum atomic E-state index is -0.201. The molecule has 146 valence electrons. The topological polar surface area (TPSA) is 107 Å². The summed E-state index contributed by atoms with van der Waals surface area (Å²) in [5.74, 6) is 1.90. The van der Waals surface area contributed by atoms with E-state index in [9.17, 15) is 4.79 Å². The van der Waals surface area contributed by atoms with Crippen LogP contribution in [-0.2, 0) is 24.3 Å². The second-order valence-electron chi connectivity index (χ2n) is 6.70. The van der Waals surface area contributed by atoms with Crippen molar-refractivity contribution in [3.63, 3.8) is 0 Å². The van der Waals surface area contributed by atoms with Gasteiger partial charge < -0.3 is 20.3 Å². The fourth-order valence-electron chi connectivity index (χ4n) is 3.59. The first-order valence-corrected chi connectivity index (χ1v) is 9.05. The molecule has 0 radical (unpaired) electrons. The van der Waals surface area contributed by atoms with Crippen LogP contribution in [0.1, 0.15) is 36.5 Å². The van der Waals surface area contributed by atoms with E-state index in [0.29, 0.717) is 24.9 Å². The van der Waals surface area contributed by atoms with E-state index in [1.54, 1.807) is 0 Å². The van der Waals surface area contributed by atoms with Gasteiger partial charge >= 0.3 is 0 Å². The molecule has 0 aliphatic carbocycles. The lowest BCUT2D eigenvalue weighted by molar-refractivity contribution is -0.122. The number of nitrogens with two attached hydrogens (primary N) is 1. The minimum absolute atomic E-state index is 0. The van der Waals surface area contributed by atoms with Crippen LogP contribution >= 0.6 is 12.4 Å². The number of rotatable bonds is 5. The lowest BCUT2D eigenvalue weighted by atomic mass is 10.0. The first kappa shape index (κ1) is 19.6. The molecule has 0 spiro atoms. The maximum atomic E-state index is 12.9. The van der Waals surface area contributed by atoms with Gasteiger partial charge in [-0.05, 0) is 43.1 Å². The molecule has 1 atom stereocenters. The van der Waals surface area contributed by atoms with E-state index in [1.807, 2.05) is 18.2 Å². The van der Waals surface area contributed by atoms with Crippen molar-refractivity contribution in [3.05, 3.63) is 35.5 Å². The van der Waals surface area contributed by atoms with E-state index in [1.165, 1.54) is 0 Å². The maximum absolute atomic E-state index is 12.9. The summed E-state index contributed by atoms with van der Waals surface area (Å²) in [5.41, 5.74) is 7.47. The number of anilines is 1. The number of fused-ring (bicyclic) bond motifs is 1. The van der Waals surface area contributed by atoms with Crippen LogP contribution in [0.2, 0.25) is 0 Å². The zero-order valence-electron chi connectivity index (χ0n) is 15.0. The molecule has 8 nitrogen and oxygen atoms in total. The normalized spacial score (nSPS) is 19.1. The number of carbonyl (C=O) groups excluding carboxylic acids is 1. The Hall–Kier alpha value is -2.16. The Labute approximate surface area is 163 Å². The van der Waals surface area contributed by atoms with Gasteiger partial charge in [-0.3, -0.25) is 9.69 Å². The second kappa shape index (κ2) is 8.69. The van der Waals surface area contributed by atoms with Gasteiger partial charge in [0.05, 0.1) is 25.7 Å². The summed E-state index contributed by atoms with van der Waals surface area (Å²) >= 11 is 0. The van der Waals surface area contributed by atoms with E-state index in [0.717, 1.165) is 49.2 Å². The predicted octanol–water partition coefficient (Wildman–Crippen LogP) is 1.88. The number of hydrogen-bond acceptors (Lipinski definition) is 7. The summed E-state index contributed by atoms with van der Waals surface area (Å²) in [6.07, 6.45) is 3.80. The fraction of sp³-hybridized carbons (Fsp3) is 0.500. The van der Waals surface area contributed by atoms with E-state index in [2.05, 4.69) is 20.4 Å². The smallest absolute Gasteiger partial charge is 0.241 e. The zero-order chi connectivity index (χ0) is 17.9. The maximum Gasteiger partial charge on any atom is 0.241 e. The van der Waals surface area contributed by atoms with Crippen LogP contribution in [0.5, 0.6) is 5.75 Å². The second-order valence-corrected chi connectivity index (χ2v) is 6.70. The molecule has 1 unspecified atom stereocenters. The van der Waals surface area contributed by atoms with Gasteiger partial charge in [0.25, 0.3) is 0 Å². The Morgan fingerprint density at radius 1 is 1.37 bits per heavy atom. The van der Waals surface area contributed by atoms with Crippen molar-refractivity contribution in [2.24, 2.45) is 5.73 Å². The summed E-state index contributed by atoms with van der Waals surface area (Å²) in [6, 6.07) is 5.61. The Morgan fingerprint density at radius 2 is 2.26 bits per heavy atom. The number of hydrogen-bond donors (Lipinski definition) is 2. The Morgan fingerprint density at radius 3 is 3.07 bits per heavy atom. The molecule has 0 bridgehead atoms. The van der Waals surface area contributed by atoms with Crippen LogP contribution in [0.15, 0.2) is 22.7 Å². The average Bonchev–Trinajstić information content (AvgIpc) is 3.30. The summed E-state index contributed by atoms with van der Waals surface area (Å²) in [7, 11) is 0. The lowest BCUT2D eigenvalue weighted by Gasteiger charge is -2.33. The number of carbonyl (C=O) groups is 1. The van der Waals surface area contributed by atoms with Gasteiger partial charge in [0.15, 0.2) is 5.82 Å². The average molecular weight is 394 g/mol. The summed E-state index contributed by atoms with van der Waals surface area (Å²) < 4.78 is 10.6. The minimum Gasteiger partial charge on any atom is -0.493 e. The number of ether oxygens (including phenoxy) is 1. The molecule has 1 amide bonds. The number of nitrogens with one attached hydrogen (secondary N) is 1. The van der Waals surface area contributed by atoms with Crippen molar-refractivity contribution in [2.45, 2.75) is 44.8 Å². The summed E-state index contributed by atoms with van der Waals surface area (Å²) in [4.78, 5) is 19.2. The number of piperidine rings is 1. The van der Waals surface area contributed by atoms with Gasteiger partial charge in [-0.15, -0.1) is 12.4 Å². The Bertz CT molecular complexity index is 797. The number of aromatic nitrogens is 2. The van der Waals surface area contributed by atoms with Gasteiger partial charge in [0, 0.05) is 12.1 Å². The number of amides is 1. The van der Waals surface area contributed by atoms with Gasteiger partial charge in [0.1, 0.15) is 5.75 Å². The molecule has 27 heavy (non-hydrogen) atoms. The molecule has 2 aliphatic rings. The number of halogens is 1. The lowest BCUT2D eigenvalue weighted by Crippen LogP contribution is -2.46. The Kier molecular flexibility index (Phi) is 6.30. The first-order chi connectivity index (χ1) is 12.7. The van der Waals surface area contributed by atoms with Gasteiger partial charge in [-0.2, -0.15) is 4.98 Å². The fourth-order valence-corrected chi connectivity index (χ4v) is 3.59. The van der Waals surface area contributed by atoms with Crippen molar-refractivity contribution in [2.75, 3.05) is 18.5 Å². The highest BCUT2D eigenvalue weighted by Gasteiger charge is 2.30. The highest BCUT2D eigenvalue weighted by molar-refractivity contribution is 5.95. The molecule has 1 saturated heterocycles. The van der Waals surface area contributed by atoms with Crippen LogP contribution in [0, 0.1) is 0 Å². The van der Waals surface area contributed by atoms with Crippen molar-refractivity contribution >= 4 is 24.0 Å². The highest BCUT2D eigenvalue weighted by atomic mass is 35.5. The van der Waals surface area contributed by atoms with Gasteiger partial charge in [-0.1, -0.05) is 11.6 Å². The van der Waals surface area contributed by atoms with Crippen LogP contribution in [0.25, 0.3) is 0 Å². The molecular weight excluding hydrogens is 370 g/mol. The molecule has 3 N–H and O–H groups in total. The van der Waals surface area contributed by atoms with Gasteiger partial charge in [-0.25, -0.2) is 0 Å².